The van der Waals surface area contributed by atoms with Crippen molar-refractivity contribution in [3.63, 3.8) is 0 Å². The maximum atomic E-state index is 7.11. The minimum atomic E-state index is -2.62. The Morgan fingerprint density at radius 1 is 1.03 bits per heavy atom. The average Bonchev–Trinajstić information content (AvgIpc) is 3.20. The molecule has 0 saturated carbocycles. The molecule has 6 heteroatoms. The number of rotatable bonds is 6. The van der Waals surface area contributed by atoms with Crippen LogP contribution < -0.4 is 10.4 Å². The molecule has 29 heavy (non-hydrogen) atoms. The van der Waals surface area contributed by atoms with Crippen molar-refractivity contribution in [2.24, 2.45) is 0 Å². The Kier molecular flexibility index (Phi) is 5.51. The van der Waals surface area contributed by atoms with Crippen LogP contribution in [0, 0.1) is 0 Å². The highest BCUT2D eigenvalue weighted by Gasteiger charge is 2.62. The molecule has 2 fully saturated rings. The molecule has 0 amide bonds. The molecule has 4 rings (SSSR count). The molecule has 4 nitrogen and oxygen atoms in total. The number of ether oxygens (including phenoxy) is 3. The molecule has 0 aliphatic carbocycles. The van der Waals surface area contributed by atoms with Crippen LogP contribution in [0.15, 0.2) is 60.7 Å². The second kappa shape index (κ2) is 7.67. The first-order chi connectivity index (χ1) is 13.8. The highest BCUT2D eigenvalue weighted by molar-refractivity contribution is 6.99. The van der Waals surface area contributed by atoms with Crippen molar-refractivity contribution >= 4 is 26.5 Å². The van der Waals surface area contributed by atoms with Crippen molar-refractivity contribution in [1.29, 1.82) is 0 Å². The SMILES string of the molecule is B[C@@H]1O[C@@]2(CO[Si](c3ccccc3)(c3ccccc3)C(C)(C)C)CO[C@@H]1[C@@H]2OC. The van der Waals surface area contributed by atoms with Crippen molar-refractivity contribution in [2.75, 3.05) is 20.3 Å². The van der Waals surface area contributed by atoms with E-state index in [1.807, 2.05) is 0 Å². The summed E-state index contributed by atoms with van der Waals surface area (Å²) < 4.78 is 25.3. The maximum Gasteiger partial charge on any atom is 0.261 e. The highest BCUT2D eigenvalue weighted by atomic mass is 28.4. The van der Waals surface area contributed by atoms with Crippen LogP contribution >= 0.6 is 0 Å². The van der Waals surface area contributed by atoms with E-state index in [-0.39, 0.29) is 23.2 Å². The van der Waals surface area contributed by atoms with Crippen LogP contribution in [0.25, 0.3) is 0 Å². The first-order valence-corrected chi connectivity index (χ1v) is 12.3. The summed E-state index contributed by atoms with van der Waals surface area (Å²) in [5, 5.41) is 2.47. The minimum absolute atomic E-state index is 0.0106. The molecular weight excluding hydrogens is 379 g/mol. The minimum Gasteiger partial charge on any atom is -0.404 e. The van der Waals surface area contributed by atoms with Gasteiger partial charge in [-0.1, -0.05) is 81.4 Å². The second-order valence-corrected chi connectivity index (χ2v) is 13.6. The van der Waals surface area contributed by atoms with E-state index in [1.54, 1.807) is 7.11 Å². The molecule has 2 heterocycles. The molecule has 2 aromatic carbocycles. The first-order valence-electron chi connectivity index (χ1n) is 10.4. The van der Waals surface area contributed by atoms with Crippen LogP contribution in [0.3, 0.4) is 0 Å². The zero-order chi connectivity index (χ0) is 20.7. The molecular formula is C23H31BO4Si. The molecule has 0 N–H and O–H groups in total. The molecule has 4 atom stereocenters. The Hall–Kier alpha value is -1.44. The predicted octanol–water partition coefficient (Wildman–Crippen LogP) is 1.70. The van der Waals surface area contributed by atoms with Crippen LogP contribution in [-0.4, -0.2) is 60.3 Å². The average molecular weight is 410 g/mol. The van der Waals surface area contributed by atoms with Crippen molar-refractivity contribution in [1.82, 2.24) is 0 Å². The summed E-state index contributed by atoms with van der Waals surface area (Å²) in [5.41, 5.74) is -0.550. The van der Waals surface area contributed by atoms with Gasteiger partial charge in [-0.25, -0.2) is 0 Å². The van der Waals surface area contributed by atoms with E-state index in [0.29, 0.717) is 13.2 Å². The standard InChI is InChI=1S/C23H31BO4Si/c1-22(2,3)29(17-11-7-5-8-12-17,18-13-9-6-10-14-18)27-16-23-15-26-19(20(23)25-4)21(24)28-23/h5-14,19-21H,15-16,24H2,1-4H3/t19-,20+,21-,23-/m1/s1. The van der Waals surface area contributed by atoms with Gasteiger partial charge >= 0.3 is 0 Å². The van der Waals surface area contributed by atoms with Gasteiger partial charge < -0.3 is 18.6 Å². The molecule has 2 aromatic rings. The van der Waals surface area contributed by atoms with Crippen LogP contribution in [-0.2, 0) is 18.6 Å². The van der Waals surface area contributed by atoms with Gasteiger partial charge in [0, 0.05) is 7.11 Å². The zero-order valence-corrected chi connectivity index (χ0v) is 19.1. The molecule has 2 aliphatic rings. The van der Waals surface area contributed by atoms with E-state index in [0.717, 1.165) is 0 Å². The normalized spacial score (nSPS) is 29.3. The predicted molar refractivity (Wildman–Crippen MR) is 120 cm³/mol. The Balaban J connectivity index is 1.78. The second-order valence-electron chi connectivity index (χ2n) is 9.27. The van der Waals surface area contributed by atoms with Crippen LogP contribution in [0.1, 0.15) is 20.8 Å². The van der Waals surface area contributed by atoms with Gasteiger partial charge in [0.05, 0.1) is 19.2 Å². The lowest BCUT2D eigenvalue weighted by Gasteiger charge is -2.45. The topological polar surface area (TPSA) is 36.9 Å². The van der Waals surface area contributed by atoms with E-state index in [9.17, 15) is 0 Å². The molecule has 2 bridgehead atoms. The lowest BCUT2D eigenvalue weighted by molar-refractivity contribution is -0.135. The fourth-order valence-corrected chi connectivity index (χ4v) is 9.74. The largest absolute Gasteiger partial charge is 0.404 e. The quantitative estimate of drug-likeness (QED) is 0.680. The van der Waals surface area contributed by atoms with Crippen molar-refractivity contribution in [3.05, 3.63) is 60.7 Å². The van der Waals surface area contributed by atoms with Crippen molar-refractivity contribution in [3.8, 4) is 0 Å². The molecule has 0 spiro atoms. The van der Waals surface area contributed by atoms with Crippen molar-refractivity contribution in [2.45, 2.75) is 49.6 Å². The van der Waals surface area contributed by atoms with Crippen LogP contribution in [0.5, 0.6) is 0 Å². The van der Waals surface area contributed by atoms with Gasteiger partial charge in [0.2, 0.25) is 0 Å². The summed E-state index contributed by atoms with van der Waals surface area (Å²) in [5.74, 6) is 0. The van der Waals surface area contributed by atoms with E-state index in [2.05, 4.69) is 89.3 Å². The van der Waals surface area contributed by atoms with E-state index < -0.39 is 13.9 Å². The number of hydrogen-bond acceptors (Lipinski definition) is 4. The van der Waals surface area contributed by atoms with E-state index in [1.165, 1.54) is 10.4 Å². The van der Waals surface area contributed by atoms with Gasteiger partial charge in [-0.05, 0) is 15.4 Å². The molecule has 2 aliphatic heterocycles. The Morgan fingerprint density at radius 3 is 2.03 bits per heavy atom. The number of benzene rings is 2. The third-order valence-electron chi connectivity index (χ3n) is 6.42. The number of fused-ring (bicyclic) bond motifs is 2. The van der Waals surface area contributed by atoms with Crippen molar-refractivity contribution < 1.29 is 18.6 Å². The Bertz CT molecular complexity index is 786. The summed E-state index contributed by atoms with van der Waals surface area (Å²) in [6.45, 7) is 7.84. The van der Waals surface area contributed by atoms with E-state index in [4.69, 9.17) is 18.6 Å². The summed E-state index contributed by atoms with van der Waals surface area (Å²) in [7, 11) is 1.18. The summed E-state index contributed by atoms with van der Waals surface area (Å²) in [4.78, 5) is 0. The molecule has 154 valence electrons. The van der Waals surface area contributed by atoms with Crippen LogP contribution in [0.2, 0.25) is 5.04 Å². The number of hydrogen-bond donors (Lipinski definition) is 0. The fourth-order valence-electron chi connectivity index (χ4n) is 5.12. The number of methoxy groups -OCH3 is 1. The lowest BCUT2D eigenvalue weighted by atomic mass is 9.92. The summed E-state index contributed by atoms with van der Waals surface area (Å²) in [6.07, 6.45) is -0.126. The molecule has 0 aromatic heterocycles. The smallest absolute Gasteiger partial charge is 0.261 e. The Labute approximate surface area is 176 Å². The Morgan fingerprint density at radius 2 is 1.59 bits per heavy atom. The van der Waals surface area contributed by atoms with E-state index >= 15 is 0 Å². The summed E-state index contributed by atoms with van der Waals surface area (Å²) in [6, 6.07) is 21.4. The van der Waals surface area contributed by atoms with Gasteiger partial charge in [-0.2, -0.15) is 0 Å². The lowest BCUT2D eigenvalue weighted by Crippen LogP contribution is -2.68. The fraction of sp³-hybridized carbons (Fsp3) is 0.478. The maximum absolute atomic E-state index is 7.11. The van der Waals surface area contributed by atoms with Gasteiger partial charge in [0.15, 0.2) is 0 Å². The van der Waals surface area contributed by atoms with Crippen LogP contribution in [0.4, 0.5) is 0 Å². The molecule has 2 saturated heterocycles. The summed E-state index contributed by atoms with van der Waals surface area (Å²) >= 11 is 0. The monoisotopic (exact) mass is 410 g/mol. The van der Waals surface area contributed by atoms with Gasteiger partial charge in [-0.3, -0.25) is 0 Å². The first kappa shape index (κ1) is 20.8. The van der Waals surface area contributed by atoms with Gasteiger partial charge in [0.25, 0.3) is 8.32 Å². The molecule has 0 radical (unpaired) electrons. The van der Waals surface area contributed by atoms with Gasteiger partial charge in [0.1, 0.15) is 25.7 Å². The third kappa shape index (κ3) is 3.31. The third-order valence-corrected chi connectivity index (χ3v) is 11.4. The van der Waals surface area contributed by atoms with Gasteiger partial charge in [-0.15, -0.1) is 0 Å². The zero-order valence-electron chi connectivity index (χ0n) is 18.1. The highest BCUT2D eigenvalue weighted by Crippen LogP contribution is 2.43. The molecule has 0 unspecified atom stereocenters.